The first kappa shape index (κ1) is 29.7. The van der Waals surface area contributed by atoms with Crippen LogP contribution in [0.3, 0.4) is 0 Å². The van der Waals surface area contributed by atoms with Gasteiger partial charge in [-0.15, -0.1) is 0 Å². The molecule has 39 heavy (non-hydrogen) atoms. The molecule has 7 heteroatoms. The minimum Gasteiger partial charge on any atom is -0.492 e. The largest absolute Gasteiger partial charge is 0.492 e. The van der Waals surface area contributed by atoms with Crippen LogP contribution >= 0.6 is 0 Å². The van der Waals surface area contributed by atoms with E-state index in [9.17, 15) is 14.7 Å². The summed E-state index contributed by atoms with van der Waals surface area (Å²) >= 11 is 0. The van der Waals surface area contributed by atoms with E-state index < -0.39 is 12.1 Å². The predicted molar refractivity (Wildman–Crippen MR) is 155 cm³/mol. The van der Waals surface area contributed by atoms with Crippen molar-refractivity contribution in [1.29, 1.82) is 0 Å². The van der Waals surface area contributed by atoms with E-state index in [4.69, 9.17) is 9.47 Å². The van der Waals surface area contributed by atoms with Gasteiger partial charge in [0.25, 0.3) is 0 Å². The van der Waals surface area contributed by atoms with Crippen LogP contribution < -0.4 is 10.1 Å². The van der Waals surface area contributed by atoms with E-state index in [2.05, 4.69) is 30.4 Å². The van der Waals surface area contributed by atoms with Gasteiger partial charge in [0, 0.05) is 25.3 Å². The van der Waals surface area contributed by atoms with Crippen LogP contribution in [0.1, 0.15) is 41.2 Å². The fourth-order valence-corrected chi connectivity index (χ4v) is 4.35. The number of aryl methyl sites for hydroxylation is 4. The fraction of sp³-hybridized carbons (Fsp3) is 0.375. The molecule has 7 nitrogen and oxygen atoms in total. The van der Waals surface area contributed by atoms with Gasteiger partial charge in [0.2, 0.25) is 0 Å². The number of carboxylic acid groups (broad SMARTS) is 1. The summed E-state index contributed by atoms with van der Waals surface area (Å²) in [5, 5.41) is 12.4. The van der Waals surface area contributed by atoms with Crippen molar-refractivity contribution in [3.05, 3.63) is 94.5 Å². The highest BCUT2D eigenvalue weighted by Crippen LogP contribution is 2.21. The zero-order valence-corrected chi connectivity index (χ0v) is 23.4. The minimum atomic E-state index is -0.973. The SMILES string of the molecule is CCOC(Cc1ccc(OCCN(CCCc2ccccc2)C(=O)Nc2cc(C)c(C)cc2C)cc1)C(=O)O. The molecule has 0 bridgehead atoms. The van der Waals surface area contributed by atoms with Gasteiger partial charge in [-0.25, -0.2) is 9.59 Å². The third-order valence-corrected chi connectivity index (χ3v) is 6.72. The van der Waals surface area contributed by atoms with E-state index in [1.54, 1.807) is 11.8 Å². The van der Waals surface area contributed by atoms with Gasteiger partial charge in [-0.05, 0) is 86.6 Å². The Labute approximate surface area is 231 Å². The maximum Gasteiger partial charge on any atom is 0.333 e. The summed E-state index contributed by atoms with van der Waals surface area (Å²) in [6.07, 6.45) is 1.14. The molecule has 0 spiro atoms. The summed E-state index contributed by atoms with van der Waals surface area (Å²) in [6.45, 7) is 9.59. The highest BCUT2D eigenvalue weighted by atomic mass is 16.5. The summed E-state index contributed by atoms with van der Waals surface area (Å²) in [6, 6.07) is 21.5. The maximum absolute atomic E-state index is 13.3. The van der Waals surface area contributed by atoms with E-state index in [1.165, 1.54) is 11.1 Å². The molecule has 0 fully saturated rings. The van der Waals surface area contributed by atoms with E-state index in [0.717, 1.165) is 35.2 Å². The van der Waals surface area contributed by atoms with Gasteiger partial charge in [-0.3, -0.25) is 0 Å². The van der Waals surface area contributed by atoms with Gasteiger partial charge in [-0.2, -0.15) is 0 Å². The molecule has 2 N–H and O–H groups in total. The Kier molecular flexibility index (Phi) is 11.4. The van der Waals surface area contributed by atoms with Crippen molar-refractivity contribution >= 4 is 17.7 Å². The van der Waals surface area contributed by atoms with Crippen LogP contribution in [-0.4, -0.2) is 54.4 Å². The smallest absolute Gasteiger partial charge is 0.333 e. The van der Waals surface area contributed by atoms with Crippen molar-refractivity contribution in [2.75, 3.05) is 31.6 Å². The van der Waals surface area contributed by atoms with E-state index in [1.807, 2.05) is 62.4 Å². The molecule has 0 aliphatic carbocycles. The molecule has 3 aromatic rings. The van der Waals surface area contributed by atoms with Gasteiger partial charge >= 0.3 is 12.0 Å². The number of nitrogens with one attached hydrogen (secondary N) is 1. The third-order valence-electron chi connectivity index (χ3n) is 6.72. The number of carbonyl (C=O) groups is 2. The van der Waals surface area contributed by atoms with Crippen LogP contribution in [-0.2, 0) is 22.4 Å². The Morgan fingerprint density at radius 1 is 0.897 bits per heavy atom. The molecule has 0 saturated carbocycles. The summed E-state index contributed by atoms with van der Waals surface area (Å²) in [7, 11) is 0. The topological polar surface area (TPSA) is 88.1 Å². The molecule has 0 radical (unpaired) electrons. The number of ether oxygens (including phenoxy) is 2. The Bertz CT molecular complexity index is 1210. The van der Waals surface area contributed by atoms with E-state index in [-0.39, 0.29) is 12.5 Å². The molecule has 1 unspecified atom stereocenters. The minimum absolute atomic E-state index is 0.149. The zero-order valence-electron chi connectivity index (χ0n) is 23.4. The molecular weight excluding hydrogens is 492 g/mol. The lowest BCUT2D eigenvalue weighted by molar-refractivity contribution is -0.149. The lowest BCUT2D eigenvalue weighted by Gasteiger charge is -2.24. The van der Waals surface area contributed by atoms with E-state index in [0.29, 0.717) is 32.1 Å². The first-order valence-corrected chi connectivity index (χ1v) is 13.5. The lowest BCUT2D eigenvalue weighted by atomic mass is 10.1. The van der Waals surface area contributed by atoms with Crippen LogP contribution in [0.15, 0.2) is 66.7 Å². The standard InChI is InChI=1S/C32H40N2O5/c1-5-38-30(31(35)36)22-27-13-15-28(16-14-27)39-19-18-34(17-9-12-26-10-7-6-8-11-26)32(37)33-29-21-24(3)23(2)20-25(29)4/h6-8,10-11,13-16,20-21,30H,5,9,12,17-19,22H2,1-4H3,(H,33,37)(H,35,36). The molecule has 3 rings (SSSR count). The van der Waals surface area contributed by atoms with Crippen LogP contribution in [0.4, 0.5) is 10.5 Å². The van der Waals surface area contributed by atoms with E-state index >= 15 is 0 Å². The molecular formula is C32H40N2O5. The molecule has 1 atom stereocenters. The van der Waals surface area contributed by atoms with Crippen molar-refractivity contribution in [3.8, 4) is 5.75 Å². The van der Waals surface area contributed by atoms with Gasteiger partial charge < -0.3 is 24.8 Å². The van der Waals surface area contributed by atoms with Gasteiger partial charge in [0.05, 0.1) is 6.54 Å². The summed E-state index contributed by atoms with van der Waals surface area (Å²) in [4.78, 5) is 26.5. The number of benzene rings is 3. The number of carbonyl (C=O) groups excluding carboxylic acids is 1. The lowest BCUT2D eigenvalue weighted by Crippen LogP contribution is -2.39. The molecule has 0 aliphatic rings. The fourth-order valence-electron chi connectivity index (χ4n) is 4.35. The van der Waals surface area contributed by atoms with Gasteiger partial charge in [0.15, 0.2) is 6.10 Å². The summed E-state index contributed by atoms with van der Waals surface area (Å²) in [5.41, 5.74) is 6.28. The van der Waals surface area contributed by atoms with Gasteiger partial charge in [0.1, 0.15) is 12.4 Å². The Hall–Kier alpha value is -3.84. The Morgan fingerprint density at radius 3 is 2.26 bits per heavy atom. The van der Waals surface area contributed by atoms with Crippen molar-refractivity contribution < 1.29 is 24.2 Å². The average molecular weight is 533 g/mol. The molecule has 2 amide bonds. The zero-order chi connectivity index (χ0) is 28.2. The number of nitrogens with zero attached hydrogens (tertiary/aromatic N) is 1. The van der Waals surface area contributed by atoms with Crippen molar-refractivity contribution in [3.63, 3.8) is 0 Å². The molecule has 3 aromatic carbocycles. The number of hydrogen-bond donors (Lipinski definition) is 2. The first-order valence-electron chi connectivity index (χ1n) is 13.5. The number of rotatable bonds is 14. The summed E-state index contributed by atoms with van der Waals surface area (Å²) < 4.78 is 11.2. The normalized spacial score (nSPS) is 11.6. The number of hydrogen-bond acceptors (Lipinski definition) is 4. The number of anilines is 1. The molecule has 0 heterocycles. The number of aliphatic carboxylic acids is 1. The molecule has 208 valence electrons. The number of carboxylic acids is 1. The van der Waals surface area contributed by atoms with Crippen LogP contribution in [0.5, 0.6) is 5.75 Å². The van der Waals surface area contributed by atoms with Crippen LogP contribution in [0.25, 0.3) is 0 Å². The highest BCUT2D eigenvalue weighted by molar-refractivity contribution is 5.90. The van der Waals surface area contributed by atoms with Crippen molar-refractivity contribution in [2.24, 2.45) is 0 Å². The van der Waals surface area contributed by atoms with Crippen LogP contribution in [0.2, 0.25) is 0 Å². The quantitative estimate of drug-likeness (QED) is 0.258. The molecule has 0 aliphatic heterocycles. The first-order chi connectivity index (χ1) is 18.8. The van der Waals surface area contributed by atoms with Crippen molar-refractivity contribution in [2.45, 2.75) is 53.1 Å². The molecule has 0 aromatic heterocycles. The van der Waals surface area contributed by atoms with Crippen molar-refractivity contribution in [1.82, 2.24) is 4.90 Å². The second kappa shape index (κ2) is 14.9. The number of amides is 2. The summed E-state index contributed by atoms with van der Waals surface area (Å²) in [5.74, 6) is -0.310. The highest BCUT2D eigenvalue weighted by Gasteiger charge is 2.18. The van der Waals surface area contributed by atoms with Gasteiger partial charge in [-0.1, -0.05) is 48.5 Å². The Balaban J connectivity index is 1.60. The third kappa shape index (κ3) is 9.45. The second-order valence-electron chi connectivity index (χ2n) is 9.74. The predicted octanol–water partition coefficient (Wildman–Crippen LogP) is 6.19. The average Bonchev–Trinajstić information content (AvgIpc) is 2.92. The van der Waals surface area contributed by atoms with Crippen LogP contribution in [0, 0.1) is 20.8 Å². The maximum atomic E-state index is 13.3. The number of urea groups is 1. The second-order valence-corrected chi connectivity index (χ2v) is 9.74. The Morgan fingerprint density at radius 2 is 1.59 bits per heavy atom. The molecule has 0 saturated heterocycles. The monoisotopic (exact) mass is 532 g/mol.